The second-order valence-corrected chi connectivity index (χ2v) is 7.30. The van der Waals surface area contributed by atoms with Crippen molar-refractivity contribution in [3.8, 4) is 11.6 Å². The Labute approximate surface area is 157 Å². The molecule has 1 aliphatic rings. The number of thiazole rings is 1. The minimum atomic E-state index is -1.03. The number of carbonyl (C=O) groups is 1. The average molecular weight is 380 g/mol. The molecule has 1 aliphatic heterocycles. The highest BCUT2D eigenvalue weighted by Crippen LogP contribution is 2.36. The number of nitrogens with zero attached hydrogens (tertiary/aromatic N) is 2. The van der Waals surface area contributed by atoms with E-state index in [1.165, 1.54) is 28.0 Å². The summed E-state index contributed by atoms with van der Waals surface area (Å²) < 4.78 is 1.90. The number of hydrogen-bond acceptors (Lipinski definition) is 5. The zero-order valence-corrected chi connectivity index (χ0v) is 14.9. The van der Waals surface area contributed by atoms with Gasteiger partial charge in [-0.15, -0.1) is 11.3 Å². The Morgan fingerprint density at radius 3 is 2.81 bits per heavy atom. The quantitative estimate of drug-likeness (QED) is 0.632. The Balaban J connectivity index is 1.81. The zero-order chi connectivity index (χ0) is 18.3. The van der Waals surface area contributed by atoms with E-state index < -0.39 is 5.97 Å². The largest absolute Gasteiger partial charge is 0.493 e. The first-order valence-electron chi connectivity index (χ1n) is 7.68. The summed E-state index contributed by atoms with van der Waals surface area (Å²) in [7, 11) is 0. The number of aromatic hydroxyl groups is 1. The van der Waals surface area contributed by atoms with E-state index in [-0.39, 0.29) is 11.4 Å². The monoisotopic (exact) mass is 380 g/mol. The SMILES string of the molecule is O=C(O)c1cccc(-n2c(O)c(C=C3C=Nc4ccccc43)sc2=S)c1. The molecule has 0 amide bonds. The van der Waals surface area contributed by atoms with Crippen LogP contribution in [0.4, 0.5) is 5.69 Å². The van der Waals surface area contributed by atoms with Crippen LogP contribution in [0.15, 0.2) is 53.5 Å². The molecule has 0 atom stereocenters. The van der Waals surface area contributed by atoms with Gasteiger partial charge in [0.05, 0.1) is 21.8 Å². The van der Waals surface area contributed by atoms with Crippen LogP contribution in [0.1, 0.15) is 20.8 Å². The van der Waals surface area contributed by atoms with Gasteiger partial charge in [-0.3, -0.25) is 9.56 Å². The minimum Gasteiger partial charge on any atom is -0.493 e. The number of hydrogen-bond donors (Lipinski definition) is 2. The van der Waals surface area contributed by atoms with Gasteiger partial charge in [-0.2, -0.15) is 0 Å². The molecule has 7 heteroatoms. The number of aromatic carboxylic acids is 1. The second kappa shape index (κ2) is 6.36. The van der Waals surface area contributed by atoms with E-state index in [2.05, 4.69) is 4.99 Å². The van der Waals surface area contributed by atoms with Gasteiger partial charge in [0.2, 0.25) is 5.88 Å². The molecule has 0 aliphatic carbocycles. The summed E-state index contributed by atoms with van der Waals surface area (Å²) in [6, 6.07) is 14.1. The Hall–Kier alpha value is -3.03. The molecular weight excluding hydrogens is 368 g/mol. The number of benzene rings is 2. The number of fused-ring (bicyclic) bond motifs is 1. The fraction of sp³-hybridized carbons (Fsp3) is 0. The van der Waals surface area contributed by atoms with E-state index in [1.54, 1.807) is 18.3 Å². The first-order chi connectivity index (χ1) is 12.5. The van der Waals surface area contributed by atoms with Crippen molar-refractivity contribution in [2.45, 2.75) is 0 Å². The highest BCUT2D eigenvalue weighted by molar-refractivity contribution is 7.73. The molecule has 0 radical (unpaired) electrons. The summed E-state index contributed by atoms with van der Waals surface area (Å²) in [5.74, 6) is -1.05. The van der Waals surface area contributed by atoms with Gasteiger partial charge < -0.3 is 10.2 Å². The Morgan fingerprint density at radius 1 is 1.19 bits per heavy atom. The summed E-state index contributed by atoms with van der Waals surface area (Å²) in [5, 5.41) is 19.8. The molecule has 0 saturated heterocycles. The van der Waals surface area contributed by atoms with Crippen LogP contribution < -0.4 is 0 Å². The van der Waals surface area contributed by atoms with Crippen LogP contribution in [0.25, 0.3) is 17.3 Å². The molecule has 0 bridgehead atoms. The van der Waals surface area contributed by atoms with Crippen molar-refractivity contribution in [2.24, 2.45) is 4.99 Å². The molecule has 2 aromatic carbocycles. The van der Waals surface area contributed by atoms with Crippen LogP contribution in [0, 0.1) is 3.95 Å². The number of aliphatic imine (C=N–C) groups is 1. The highest BCUT2D eigenvalue weighted by Gasteiger charge is 2.16. The van der Waals surface area contributed by atoms with Crippen molar-refractivity contribution in [3.63, 3.8) is 0 Å². The summed E-state index contributed by atoms with van der Waals surface area (Å²) in [6.45, 7) is 0. The van der Waals surface area contributed by atoms with E-state index in [0.29, 0.717) is 14.5 Å². The van der Waals surface area contributed by atoms with Crippen molar-refractivity contribution >= 4 is 53.1 Å². The Morgan fingerprint density at radius 2 is 2.00 bits per heavy atom. The lowest BCUT2D eigenvalue weighted by Crippen LogP contribution is -1.99. The molecule has 4 rings (SSSR count). The second-order valence-electron chi connectivity index (χ2n) is 5.62. The van der Waals surface area contributed by atoms with Crippen molar-refractivity contribution < 1.29 is 15.0 Å². The average Bonchev–Trinajstić information content (AvgIpc) is 3.16. The maximum atomic E-state index is 11.2. The van der Waals surface area contributed by atoms with Crippen LogP contribution >= 0.6 is 23.6 Å². The van der Waals surface area contributed by atoms with E-state index in [9.17, 15) is 9.90 Å². The van der Waals surface area contributed by atoms with Crippen molar-refractivity contribution in [2.75, 3.05) is 0 Å². The first kappa shape index (κ1) is 16.4. The van der Waals surface area contributed by atoms with Gasteiger partial charge in [-0.05, 0) is 42.6 Å². The summed E-state index contributed by atoms with van der Waals surface area (Å²) >= 11 is 6.64. The molecule has 3 aromatic rings. The van der Waals surface area contributed by atoms with Crippen molar-refractivity contribution in [1.82, 2.24) is 4.57 Å². The van der Waals surface area contributed by atoms with Crippen LogP contribution in [0.2, 0.25) is 0 Å². The van der Waals surface area contributed by atoms with Gasteiger partial charge >= 0.3 is 5.97 Å². The predicted molar refractivity (Wildman–Crippen MR) is 106 cm³/mol. The fourth-order valence-electron chi connectivity index (χ4n) is 2.78. The first-order valence-corrected chi connectivity index (χ1v) is 8.91. The predicted octanol–water partition coefficient (Wildman–Crippen LogP) is 4.93. The van der Waals surface area contributed by atoms with E-state index in [4.69, 9.17) is 17.3 Å². The van der Waals surface area contributed by atoms with Gasteiger partial charge in [-0.1, -0.05) is 24.3 Å². The zero-order valence-electron chi connectivity index (χ0n) is 13.3. The highest BCUT2D eigenvalue weighted by atomic mass is 32.1. The maximum absolute atomic E-state index is 11.2. The van der Waals surface area contributed by atoms with Crippen LogP contribution in [0.3, 0.4) is 0 Å². The Kier molecular flexibility index (Phi) is 4.02. The van der Waals surface area contributed by atoms with Gasteiger partial charge in [0, 0.05) is 17.4 Å². The molecular formula is C19H12N2O3S2. The number of carboxylic acid groups (broad SMARTS) is 1. The number of para-hydroxylation sites is 1. The Bertz CT molecular complexity index is 1160. The molecule has 0 fully saturated rings. The van der Waals surface area contributed by atoms with Crippen molar-refractivity contribution in [3.05, 3.63) is 68.5 Å². The molecule has 128 valence electrons. The van der Waals surface area contributed by atoms with Crippen LogP contribution in [-0.2, 0) is 0 Å². The number of rotatable bonds is 3. The number of aromatic nitrogens is 1. The molecule has 2 heterocycles. The third-order valence-electron chi connectivity index (χ3n) is 4.01. The van der Waals surface area contributed by atoms with E-state index in [0.717, 1.165) is 16.8 Å². The maximum Gasteiger partial charge on any atom is 0.335 e. The fourth-order valence-corrected chi connectivity index (χ4v) is 4.08. The summed E-state index contributed by atoms with van der Waals surface area (Å²) in [4.78, 5) is 16.1. The van der Waals surface area contributed by atoms with Crippen molar-refractivity contribution in [1.29, 1.82) is 0 Å². The summed E-state index contributed by atoms with van der Waals surface area (Å²) in [6.07, 6.45) is 3.59. The minimum absolute atomic E-state index is 0.0205. The standard InChI is InChI=1S/C19H12N2O3S2/c22-17-16(9-12-10-20-15-7-2-1-6-14(12)15)26-19(25)21(17)13-5-3-4-11(8-13)18(23)24/h1-10,22H,(H,23,24). The van der Waals surface area contributed by atoms with Gasteiger partial charge in [-0.25, -0.2) is 4.79 Å². The van der Waals surface area contributed by atoms with Crippen LogP contribution in [0.5, 0.6) is 5.88 Å². The lowest BCUT2D eigenvalue weighted by molar-refractivity contribution is 0.0697. The summed E-state index contributed by atoms with van der Waals surface area (Å²) in [5.41, 5.74) is 3.40. The lowest BCUT2D eigenvalue weighted by atomic mass is 10.1. The third-order valence-corrected chi connectivity index (χ3v) is 5.32. The molecule has 5 nitrogen and oxygen atoms in total. The molecule has 0 saturated carbocycles. The smallest absolute Gasteiger partial charge is 0.335 e. The van der Waals surface area contributed by atoms with E-state index >= 15 is 0 Å². The van der Waals surface area contributed by atoms with Gasteiger partial charge in [0.15, 0.2) is 3.95 Å². The molecule has 0 unspecified atom stereocenters. The van der Waals surface area contributed by atoms with E-state index in [1.807, 2.05) is 30.3 Å². The lowest BCUT2D eigenvalue weighted by Gasteiger charge is -2.06. The van der Waals surface area contributed by atoms with Gasteiger partial charge in [0.1, 0.15) is 0 Å². The number of carboxylic acids is 1. The third kappa shape index (κ3) is 2.77. The van der Waals surface area contributed by atoms with Gasteiger partial charge in [0.25, 0.3) is 0 Å². The topological polar surface area (TPSA) is 74.8 Å². The molecule has 1 aromatic heterocycles. The molecule has 26 heavy (non-hydrogen) atoms. The molecule has 0 spiro atoms. The van der Waals surface area contributed by atoms with Crippen LogP contribution in [-0.4, -0.2) is 27.0 Å². The molecule has 2 N–H and O–H groups in total. The normalized spacial score (nSPS) is 13.9. The number of allylic oxidation sites excluding steroid dienone is 1.